The molecule has 21 heavy (non-hydrogen) atoms. The summed E-state index contributed by atoms with van der Waals surface area (Å²) in [4.78, 5) is 11.1. The lowest BCUT2D eigenvalue weighted by atomic mass is 10.1. The second kappa shape index (κ2) is 7.33. The fourth-order valence-electron chi connectivity index (χ4n) is 1.65. The Hall–Kier alpha value is -0.990. The molecule has 5 nitrogen and oxygen atoms in total. The lowest BCUT2D eigenvalue weighted by Crippen LogP contribution is -2.17. The van der Waals surface area contributed by atoms with Crippen molar-refractivity contribution in [3.63, 3.8) is 0 Å². The smallest absolute Gasteiger partial charge is 0.341 e. The van der Waals surface area contributed by atoms with Crippen LogP contribution in [0.3, 0.4) is 0 Å². The first kappa shape index (κ1) is 18.1. The number of hydrogen-bond donors (Lipinski definition) is 1. The van der Waals surface area contributed by atoms with Gasteiger partial charge in [-0.05, 0) is 30.9 Å². The van der Waals surface area contributed by atoms with E-state index in [1.807, 2.05) is 13.8 Å². The number of sulfonamides is 1. The van der Waals surface area contributed by atoms with Crippen LogP contribution in [-0.2, 0) is 14.8 Å². The fraction of sp³-hybridized carbons (Fsp3) is 0.462. The van der Waals surface area contributed by atoms with Crippen LogP contribution in [0.25, 0.3) is 0 Å². The molecule has 118 valence electrons. The first-order valence-electron chi connectivity index (χ1n) is 6.32. The summed E-state index contributed by atoms with van der Waals surface area (Å²) >= 11 is 3.01. The van der Waals surface area contributed by atoms with Crippen molar-refractivity contribution < 1.29 is 22.3 Å². The van der Waals surface area contributed by atoms with Crippen molar-refractivity contribution in [3.05, 3.63) is 28.0 Å². The maximum Gasteiger partial charge on any atom is 0.341 e. The van der Waals surface area contributed by atoms with Gasteiger partial charge in [0, 0.05) is 4.47 Å². The number of rotatable bonds is 6. The van der Waals surface area contributed by atoms with E-state index in [1.165, 1.54) is 0 Å². The summed E-state index contributed by atoms with van der Waals surface area (Å²) < 4.78 is 41.8. The standard InChI is InChI=1S/C13H17BrFNO4S/c1-8(2)4-3-5-20-13(17)10-6-9(14)7-11(12(10)15)21(16,18)19/h6-8H,3-5H2,1-2H3,(H2,16,18,19). The van der Waals surface area contributed by atoms with Gasteiger partial charge in [-0.2, -0.15) is 0 Å². The maximum atomic E-state index is 14.1. The minimum Gasteiger partial charge on any atom is -0.462 e. The molecule has 0 aliphatic carbocycles. The number of carbonyl (C=O) groups excluding carboxylic acids is 1. The Morgan fingerprint density at radius 1 is 1.43 bits per heavy atom. The molecule has 0 aliphatic heterocycles. The van der Waals surface area contributed by atoms with Crippen molar-refractivity contribution >= 4 is 31.9 Å². The van der Waals surface area contributed by atoms with Crippen LogP contribution in [0.15, 0.2) is 21.5 Å². The topological polar surface area (TPSA) is 86.5 Å². The lowest BCUT2D eigenvalue weighted by Gasteiger charge is -2.09. The third-order valence-corrected chi connectivity index (χ3v) is 4.06. The SMILES string of the molecule is CC(C)CCCOC(=O)c1cc(Br)cc(S(N)(=O)=O)c1F. The molecule has 0 aromatic heterocycles. The molecule has 0 heterocycles. The molecule has 0 amide bonds. The van der Waals surface area contributed by atoms with E-state index in [9.17, 15) is 17.6 Å². The number of esters is 1. The second-order valence-corrected chi connectivity index (χ2v) is 7.43. The fourth-order valence-corrected chi connectivity index (χ4v) is 2.91. The predicted octanol–water partition coefficient (Wildman–Crippen LogP) is 2.83. The first-order chi connectivity index (χ1) is 9.62. The highest BCUT2D eigenvalue weighted by Crippen LogP contribution is 2.24. The van der Waals surface area contributed by atoms with Crippen LogP contribution in [0.4, 0.5) is 4.39 Å². The highest BCUT2D eigenvalue weighted by atomic mass is 79.9. The molecule has 0 spiro atoms. The van der Waals surface area contributed by atoms with E-state index < -0.39 is 32.3 Å². The van der Waals surface area contributed by atoms with E-state index in [0.717, 1.165) is 18.6 Å². The van der Waals surface area contributed by atoms with Gasteiger partial charge in [0.15, 0.2) is 5.82 Å². The number of ether oxygens (including phenoxy) is 1. The van der Waals surface area contributed by atoms with Gasteiger partial charge in [0.25, 0.3) is 0 Å². The molecule has 0 bridgehead atoms. The summed E-state index contributed by atoms with van der Waals surface area (Å²) in [5.74, 6) is -1.64. The van der Waals surface area contributed by atoms with Crippen molar-refractivity contribution in [1.29, 1.82) is 0 Å². The van der Waals surface area contributed by atoms with E-state index in [1.54, 1.807) is 0 Å². The summed E-state index contributed by atoms with van der Waals surface area (Å²) in [6.45, 7) is 4.22. The Morgan fingerprint density at radius 3 is 2.57 bits per heavy atom. The Bertz CT molecular complexity index is 631. The monoisotopic (exact) mass is 381 g/mol. The quantitative estimate of drug-likeness (QED) is 0.606. The van der Waals surface area contributed by atoms with Crippen LogP contribution in [0.1, 0.15) is 37.0 Å². The Kier molecular flexibility index (Phi) is 6.30. The van der Waals surface area contributed by atoms with Crippen molar-refractivity contribution in [1.82, 2.24) is 0 Å². The molecule has 0 atom stereocenters. The van der Waals surface area contributed by atoms with Crippen LogP contribution in [0.5, 0.6) is 0 Å². The molecule has 0 saturated carbocycles. The summed E-state index contributed by atoms with van der Waals surface area (Å²) in [7, 11) is -4.26. The van der Waals surface area contributed by atoms with Gasteiger partial charge >= 0.3 is 5.97 Å². The highest BCUT2D eigenvalue weighted by molar-refractivity contribution is 9.10. The van der Waals surface area contributed by atoms with Crippen molar-refractivity contribution in [2.24, 2.45) is 11.1 Å². The molecule has 1 rings (SSSR count). The third kappa shape index (κ3) is 5.37. The van der Waals surface area contributed by atoms with Crippen LogP contribution in [0.2, 0.25) is 0 Å². The number of nitrogens with two attached hydrogens (primary N) is 1. The molecule has 0 saturated heterocycles. The zero-order chi connectivity index (χ0) is 16.2. The van der Waals surface area contributed by atoms with Crippen molar-refractivity contribution in [2.45, 2.75) is 31.6 Å². The highest BCUT2D eigenvalue weighted by Gasteiger charge is 2.23. The van der Waals surface area contributed by atoms with Gasteiger partial charge in [0.2, 0.25) is 10.0 Å². The molecule has 0 radical (unpaired) electrons. The maximum absolute atomic E-state index is 14.1. The zero-order valence-electron chi connectivity index (χ0n) is 11.7. The Labute approximate surface area is 131 Å². The lowest BCUT2D eigenvalue weighted by molar-refractivity contribution is 0.0488. The van der Waals surface area contributed by atoms with Gasteiger partial charge in [-0.3, -0.25) is 0 Å². The first-order valence-corrected chi connectivity index (χ1v) is 8.66. The van der Waals surface area contributed by atoms with Gasteiger partial charge in [-0.1, -0.05) is 29.8 Å². The Balaban J connectivity index is 2.93. The van der Waals surface area contributed by atoms with Gasteiger partial charge < -0.3 is 4.74 Å². The van der Waals surface area contributed by atoms with Crippen LogP contribution in [0, 0.1) is 11.7 Å². The molecule has 2 N–H and O–H groups in total. The van der Waals surface area contributed by atoms with Crippen molar-refractivity contribution in [3.8, 4) is 0 Å². The number of benzene rings is 1. The zero-order valence-corrected chi connectivity index (χ0v) is 14.1. The van der Waals surface area contributed by atoms with E-state index in [-0.39, 0.29) is 11.1 Å². The van der Waals surface area contributed by atoms with Gasteiger partial charge in [0.1, 0.15) is 4.90 Å². The summed E-state index contributed by atoms with van der Waals surface area (Å²) in [5, 5.41) is 4.91. The molecule has 0 unspecified atom stereocenters. The molecular formula is C13H17BrFNO4S. The summed E-state index contributed by atoms with van der Waals surface area (Å²) in [5.41, 5.74) is -0.460. The summed E-state index contributed by atoms with van der Waals surface area (Å²) in [6.07, 6.45) is 1.53. The predicted molar refractivity (Wildman–Crippen MR) is 79.8 cm³/mol. The van der Waals surface area contributed by atoms with E-state index in [2.05, 4.69) is 15.9 Å². The van der Waals surface area contributed by atoms with Crippen LogP contribution >= 0.6 is 15.9 Å². The van der Waals surface area contributed by atoms with Gasteiger partial charge in [-0.25, -0.2) is 22.7 Å². The number of halogens is 2. The van der Waals surface area contributed by atoms with Gasteiger partial charge in [0.05, 0.1) is 12.2 Å². The molecule has 8 heteroatoms. The van der Waals surface area contributed by atoms with E-state index in [4.69, 9.17) is 9.88 Å². The normalized spacial score (nSPS) is 11.7. The number of carbonyl (C=O) groups is 1. The number of primary sulfonamides is 1. The van der Waals surface area contributed by atoms with Crippen molar-refractivity contribution in [2.75, 3.05) is 6.61 Å². The second-order valence-electron chi connectivity index (χ2n) is 4.98. The number of hydrogen-bond acceptors (Lipinski definition) is 4. The van der Waals surface area contributed by atoms with Crippen LogP contribution < -0.4 is 5.14 Å². The van der Waals surface area contributed by atoms with E-state index in [0.29, 0.717) is 12.3 Å². The molecule has 1 aromatic rings. The minimum atomic E-state index is -4.26. The largest absolute Gasteiger partial charge is 0.462 e. The molecular weight excluding hydrogens is 365 g/mol. The molecule has 1 aromatic carbocycles. The average molecular weight is 382 g/mol. The molecule has 0 aliphatic rings. The average Bonchev–Trinajstić information content (AvgIpc) is 2.35. The molecule has 0 fully saturated rings. The minimum absolute atomic E-state index is 0.147. The Morgan fingerprint density at radius 2 is 2.05 bits per heavy atom. The van der Waals surface area contributed by atoms with E-state index >= 15 is 0 Å². The third-order valence-electron chi connectivity index (χ3n) is 2.69. The van der Waals surface area contributed by atoms with Gasteiger partial charge in [-0.15, -0.1) is 0 Å². The summed E-state index contributed by atoms with van der Waals surface area (Å²) in [6, 6.07) is 2.16. The van der Waals surface area contributed by atoms with Crippen LogP contribution in [-0.4, -0.2) is 21.0 Å².